The fourth-order valence-corrected chi connectivity index (χ4v) is 3.34. The smallest absolute Gasteiger partial charge is 0.277 e. The van der Waals surface area contributed by atoms with Crippen LogP contribution in [0.5, 0.6) is 17.2 Å². The molecule has 2 aromatic carbocycles. The molecule has 0 N–H and O–H groups in total. The second-order valence-corrected chi connectivity index (χ2v) is 7.02. The van der Waals surface area contributed by atoms with Gasteiger partial charge in [-0.3, -0.25) is 0 Å². The van der Waals surface area contributed by atoms with E-state index in [9.17, 15) is 4.39 Å². The van der Waals surface area contributed by atoms with Crippen LogP contribution in [0.2, 0.25) is 0 Å². The minimum atomic E-state index is -0.331. The Labute approximate surface area is 180 Å². The third kappa shape index (κ3) is 4.45. The van der Waals surface area contributed by atoms with Crippen molar-refractivity contribution in [3.8, 4) is 40.1 Å². The lowest BCUT2D eigenvalue weighted by Crippen LogP contribution is -1.95. The third-order valence-corrected chi connectivity index (χ3v) is 5.01. The minimum Gasteiger partial charge on any atom is -0.493 e. The molecule has 0 atom stereocenters. The van der Waals surface area contributed by atoms with Crippen molar-refractivity contribution in [3.63, 3.8) is 0 Å². The van der Waals surface area contributed by atoms with Crippen molar-refractivity contribution >= 4 is 11.8 Å². The summed E-state index contributed by atoms with van der Waals surface area (Å²) in [6.45, 7) is 0. The van der Waals surface area contributed by atoms with Gasteiger partial charge in [-0.2, -0.15) is 4.98 Å². The first-order chi connectivity index (χ1) is 15.1. The lowest BCUT2D eigenvalue weighted by molar-refractivity contribution is 0.324. The van der Waals surface area contributed by atoms with Crippen LogP contribution in [0.15, 0.2) is 50.6 Å². The summed E-state index contributed by atoms with van der Waals surface area (Å²) in [5, 5.41) is 12.3. The molecule has 0 unspecified atom stereocenters. The number of hydrogen-bond acceptors (Lipinski definition) is 10. The highest BCUT2D eigenvalue weighted by atomic mass is 32.2. The van der Waals surface area contributed by atoms with Crippen LogP contribution < -0.4 is 14.2 Å². The molecule has 0 saturated heterocycles. The van der Waals surface area contributed by atoms with Gasteiger partial charge in [0.1, 0.15) is 5.82 Å². The molecule has 0 saturated carbocycles. The zero-order valence-electron chi connectivity index (χ0n) is 16.8. The molecular formula is C20H17FN4O5S. The highest BCUT2D eigenvalue weighted by Crippen LogP contribution is 2.41. The first-order valence-corrected chi connectivity index (χ1v) is 9.95. The predicted molar refractivity (Wildman–Crippen MR) is 109 cm³/mol. The Bertz CT molecular complexity index is 1150. The van der Waals surface area contributed by atoms with Gasteiger partial charge in [0.05, 0.1) is 27.1 Å². The number of halogens is 1. The Morgan fingerprint density at radius 3 is 2.29 bits per heavy atom. The van der Waals surface area contributed by atoms with Crippen molar-refractivity contribution in [2.24, 2.45) is 0 Å². The summed E-state index contributed by atoms with van der Waals surface area (Å²) in [5.74, 6) is 2.45. The van der Waals surface area contributed by atoms with Crippen LogP contribution in [0.4, 0.5) is 4.39 Å². The molecule has 0 aliphatic heterocycles. The van der Waals surface area contributed by atoms with Gasteiger partial charge in [-0.1, -0.05) is 16.9 Å². The summed E-state index contributed by atoms with van der Waals surface area (Å²) < 4.78 is 40.0. The van der Waals surface area contributed by atoms with Crippen LogP contribution in [0.3, 0.4) is 0 Å². The van der Waals surface area contributed by atoms with E-state index in [1.165, 1.54) is 45.2 Å². The van der Waals surface area contributed by atoms with Crippen LogP contribution in [0.1, 0.15) is 5.89 Å². The summed E-state index contributed by atoms with van der Waals surface area (Å²) in [4.78, 5) is 4.30. The van der Waals surface area contributed by atoms with Gasteiger partial charge in [-0.15, -0.1) is 10.2 Å². The Balaban J connectivity index is 1.47. The van der Waals surface area contributed by atoms with E-state index in [2.05, 4.69) is 20.3 Å². The Morgan fingerprint density at radius 1 is 0.935 bits per heavy atom. The molecule has 0 aliphatic rings. The van der Waals surface area contributed by atoms with Crippen molar-refractivity contribution in [3.05, 3.63) is 48.1 Å². The van der Waals surface area contributed by atoms with Gasteiger partial charge in [0.15, 0.2) is 11.5 Å². The monoisotopic (exact) mass is 444 g/mol. The van der Waals surface area contributed by atoms with Crippen molar-refractivity contribution in [1.29, 1.82) is 0 Å². The van der Waals surface area contributed by atoms with Crippen LogP contribution >= 0.6 is 11.8 Å². The fourth-order valence-electron chi connectivity index (χ4n) is 2.74. The molecule has 11 heteroatoms. The second-order valence-electron chi connectivity index (χ2n) is 6.09. The van der Waals surface area contributed by atoms with Gasteiger partial charge in [-0.25, -0.2) is 4.39 Å². The normalized spacial score (nSPS) is 10.8. The van der Waals surface area contributed by atoms with E-state index in [1.807, 2.05) is 0 Å². The molecule has 2 aromatic heterocycles. The quantitative estimate of drug-likeness (QED) is 0.366. The van der Waals surface area contributed by atoms with E-state index < -0.39 is 0 Å². The maximum absolute atomic E-state index is 13.1. The zero-order chi connectivity index (χ0) is 21.8. The van der Waals surface area contributed by atoms with Crippen molar-refractivity contribution in [2.45, 2.75) is 11.0 Å². The molecule has 31 heavy (non-hydrogen) atoms. The number of benzene rings is 2. The molecular weight excluding hydrogens is 427 g/mol. The van der Waals surface area contributed by atoms with Crippen LogP contribution in [0, 0.1) is 5.82 Å². The van der Waals surface area contributed by atoms with Crippen LogP contribution in [-0.4, -0.2) is 41.7 Å². The molecule has 0 spiro atoms. The van der Waals surface area contributed by atoms with Gasteiger partial charge < -0.3 is 23.2 Å². The largest absolute Gasteiger partial charge is 0.493 e. The number of nitrogens with zero attached hydrogens (tertiary/aromatic N) is 4. The van der Waals surface area contributed by atoms with E-state index in [4.69, 9.17) is 23.2 Å². The van der Waals surface area contributed by atoms with Crippen LogP contribution in [0.25, 0.3) is 22.8 Å². The summed E-state index contributed by atoms with van der Waals surface area (Å²) in [6.07, 6.45) is 0. The van der Waals surface area contributed by atoms with Crippen LogP contribution in [-0.2, 0) is 5.75 Å². The minimum absolute atomic E-state index is 0.291. The summed E-state index contributed by atoms with van der Waals surface area (Å²) in [7, 11) is 4.59. The molecule has 160 valence electrons. The lowest BCUT2D eigenvalue weighted by atomic mass is 10.2. The second kappa shape index (κ2) is 9.04. The number of thioether (sulfide) groups is 1. The molecule has 0 bridgehead atoms. The topological polar surface area (TPSA) is 106 Å². The van der Waals surface area contributed by atoms with E-state index in [0.717, 1.165) is 0 Å². The number of ether oxygens (including phenoxy) is 3. The van der Waals surface area contributed by atoms with E-state index in [-0.39, 0.29) is 5.82 Å². The average molecular weight is 444 g/mol. The fraction of sp³-hybridized carbons (Fsp3) is 0.200. The summed E-state index contributed by atoms with van der Waals surface area (Å²) in [5.41, 5.74) is 1.27. The molecule has 0 radical (unpaired) electrons. The molecule has 0 fully saturated rings. The predicted octanol–water partition coefficient (Wildman–Crippen LogP) is 4.24. The number of hydrogen-bond donors (Lipinski definition) is 0. The van der Waals surface area contributed by atoms with Crippen molar-refractivity contribution in [2.75, 3.05) is 21.3 Å². The standard InChI is InChI=1S/C20H17FN4O5S/c1-26-14-8-12(9-15(27-2)17(14)28-3)19-23-24-20(29-19)31-10-16-22-18(25-30-16)11-4-6-13(21)7-5-11/h4-9H,10H2,1-3H3. The van der Waals surface area contributed by atoms with E-state index in [0.29, 0.717) is 57.0 Å². The Kier molecular flexibility index (Phi) is 6.03. The van der Waals surface area contributed by atoms with Gasteiger partial charge in [0, 0.05) is 11.1 Å². The summed E-state index contributed by atoms with van der Waals surface area (Å²) in [6, 6.07) is 9.27. The maximum atomic E-state index is 13.1. The van der Waals surface area contributed by atoms with Gasteiger partial charge in [-0.05, 0) is 36.4 Å². The maximum Gasteiger partial charge on any atom is 0.277 e. The van der Waals surface area contributed by atoms with Gasteiger partial charge >= 0.3 is 0 Å². The molecule has 4 rings (SSSR count). The van der Waals surface area contributed by atoms with Gasteiger partial charge in [0.2, 0.25) is 23.4 Å². The summed E-state index contributed by atoms with van der Waals surface area (Å²) >= 11 is 1.24. The molecule has 0 amide bonds. The first-order valence-electron chi connectivity index (χ1n) is 8.96. The molecule has 2 heterocycles. The number of aromatic nitrogens is 4. The zero-order valence-corrected chi connectivity index (χ0v) is 17.6. The van der Waals surface area contributed by atoms with Crippen molar-refractivity contribution < 1.29 is 27.5 Å². The van der Waals surface area contributed by atoms with Gasteiger partial charge in [0.25, 0.3) is 5.22 Å². The lowest BCUT2D eigenvalue weighted by Gasteiger charge is -2.12. The number of methoxy groups -OCH3 is 3. The number of rotatable bonds is 8. The highest BCUT2D eigenvalue weighted by molar-refractivity contribution is 7.98. The van der Waals surface area contributed by atoms with Crippen molar-refractivity contribution in [1.82, 2.24) is 20.3 Å². The SMILES string of the molecule is COc1cc(-c2nnc(SCc3nc(-c4ccc(F)cc4)no3)o2)cc(OC)c1OC. The van der Waals surface area contributed by atoms with E-state index in [1.54, 1.807) is 24.3 Å². The third-order valence-electron chi connectivity index (χ3n) is 4.21. The molecule has 9 nitrogen and oxygen atoms in total. The first kappa shape index (κ1) is 20.7. The highest BCUT2D eigenvalue weighted by Gasteiger charge is 2.18. The average Bonchev–Trinajstić information content (AvgIpc) is 3.47. The Morgan fingerprint density at radius 2 is 1.65 bits per heavy atom. The Hall–Kier alpha value is -3.60. The molecule has 4 aromatic rings. The molecule has 0 aliphatic carbocycles. The van der Waals surface area contributed by atoms with E-state index >= 15 is 0 Å².